The minimum absolute atomic E-state index is 0.556. The van der Waals surface area contributed by atoms with Crippen LogP contribution in [0.25, 0.3) is 0 Å². The summed E-state index contributed by atoms with van der Waals surface area (Å²) in [6, 6.07) is 8.66. The molecule has 0 aliphatic carbocycles. The fraction of sp³-hybridized carbons (Fsp3) is 0.696. The van der Waals surface area contributed by atoms with Gasteiger partial charge in [-0.15, -0.1) is 0 Å². The molecule has 0 saturated carbocycles. The molecule has 3 rings (SSSR count). The van der Waals surface area contributed by atoms with Gasteiger partial charge < -0.3 is 20.1 Å². The van der Waals surface area contributed by atoms with Crippen molar-refractivity contribution in [2.24, 2.45) is 10.9 Å². The number of hydrogen-bond donors (Lipinski definition) is 2. The van der Waals surface area contributed by atoms with Crippen LogP contribution in [-0.4, -0.2) is 88.0 Å². The van der Waals surface area contributed by atoms with E-state index in [9.17, 15) is 0 Å². The van der Waals surface area contributed by atoms with Crippen LogP contribution >= 0.6 is 0 Å². The Labute approximate surface area is 181 Å². The van der Waals surface area contributed by atoms with Crippen LogP contribution in [0.1, 0.15) is 25.0 Å². The molecule has 2 aliphatic rings. The Morgan fingerprint density at radius 1 is 0.967 bits per heavy atom. The molecule has 7 nitrogen and oxygen atoms in total. The van der Waals surface area contributed by atoms with Crippen molar-refractivity contribution in [3.05, 3.63) is 35.4 Å². The molecule has 1 unspecified atom stereocenters. The highest BCUT2D eigenvalue weighted by Gasteiger charge is 2.15. The van der Waals surface area contributed by atoms with E-state index in [1.54, 1.807) is 0 Å². The predicted octanol–water partition coefficient (Wildman–Crippen LogP) is 1.54. The zero-order valence-corrected chi connectivity index (χ0v) is 18.7. The molecule has 1 atom stereocenters. The van der Waals surface area contributed by atoms with Gasteiger partial charge in [0.15, 0.2) is 5.96 Å². The van der Waals surface area contributed by atoms with Crippen molar-refractivity contribution in [1.82, 2.24) is 20.4 Å². The summed E-state index contributed by atoms with van der Waals surface area (Å²) in [5.41, 5.74) is 2.65. The van der Waals surface area contributed by atoms with Crippen molar-refractivity contribution >= 4 is 5.96 Å². The van der Waals surface area contributed by atoms with E-state index in [0.717, 1.165) is 84.7 Å². The fourth-order valence-electron chi connectivity index (χ4n) is 3.93. The summed E-state index contributed by atoms with van der Waals surface area (Å²) < 4.78 is 10.9. The monoisotopic (exact) mass is 417 g/mol. The minimum Gasteiger partial charge on any atom is -0.379 e. The number of nitrogens with zero attached hydrogens (tertiary/aromatic N) is 3. The summed E-state index contributed by atoms with van der Waals surface area (Å²) in [6.07, 6.45) is 0. The molecule has 2 aliphatic heterocycles. The molecule has 2 N–H and O–H groups in total. The summed E-state index contributed by atoms with van der Waals surface area (Å²) >= 11 is 0. The second-order valence-electron chi connectivity index (χ2n) is 8.25. The molecule has 0 bridgehead atoms. The predicted molar refractivity (Wildman–Crippen MR) is 122 cm³/mol. The number of nitrogens with one attached hydrogen (secondary N) is 2. The first-order chi connectivity index (χ1) is 14.7. The molecule has 2 heterocycles. The van der Waals surface area contributed by atoms with Crippen LogP contribution in [0, 0.1) is 5.92 Å². The van der Waals surface area contributed by atoms with E-state index < -0.39 is 0 Å². The third kappa shape index (κ3) is 7.87. The van der Waals surface area contributed by atoms with Crippen molar-refractivity contribution in [3.63, 3.8) is 0 Å². The zero-order chi connectivity index (χ0) is 21.0. The SMILES string of the molecule is CCNC(=NCc1ccccc1CN1CCOCC1)NCC(C)CN1CCOCC1. The zero-order valence-electron chi connectivity index (χ0n) is 18.7. The maximum absolute atomic E-state index is 5.48. The first-order valence-corrected chi connectivity index (χ1v) is 11.4. The molecular formula is C23H39N5O2. The van der Waals surface area contributed by atoms with Gasteiger partial charge in [-0.05, 0) is 24.0 Å². The lowest BCUT2D eigenvalue weighted by atomic mass is 10.1. The van der Waals surface area contributed by atoms with Crippen LogP contribution in [-0.2, 0) is 22.6 Å². The van der Waals surface area contributed by atoms with E-state index in [1.807, 2.05) is 0 Å². The van der Waals surface area contributed by atoms with Crippen LogP contribution in [0.15, 0.2) is 29.3 Å². The van der Waals surface area contributed by atoms with Crippen LogP contribution in [0.2, 0.25) is 0 Å². The Morgan fingerprint density at radius 3 is 2.27 bits per heavy atom. The topological polar surface area (TPSA) is 61.4 Å². The lowest BCUT2D eigenvalue weighted by molar-refractivity contribution is 0.0320. The molecule has 0 aromatic heterocycles. The highest BCUT2D eigenvalue weighted by Crippen LogP contribution is 2.14. The average molecular weight is 418 g/mol. The quantitative estimate of drug-likeness (QED) is 0.470. The first-order valence-electron chi connectivity index (χ1n) is 11.4. The molecule has 1 aromatic rings. The van der Waals surface area contributed by atoms with E-state index in [4.69, 9.17) is 14.5 Å². The molecule has 30 heavy (non-hydrogen) atoms. The summed E-state index contributed by atoms with van der Waals surface area (Å²) in [4.78, 5) is 9.82. The number of rotatable bonds is 9. The summed E-state index contributed by atoms with van der Waals surface area (Å²) in [7, 11) is 0. The molecule has 0 radical (unpaired) electrons. The van der Waals surface area contributed by atoms with Gasteiger partial charge in [0.05, 0.1) is 33.0 Å². The van der Waals surface area contributed by atoms with Gasteiger partial charge in [-0.25, -0.2) is 4.99 Å². The van der Waals surface area contributed by atoms with Gasteiger partial charge in [0.25, 0.3) is 0 Å². The van der Waals surface area contributed by atoms with Gasteiger partial charge in [0.2, 0.25) is 0 Å². The second-order valence-corrected chi connectivity index (χ2v) is 8.25. The maximum Gasteiger partial charge on any atom is 0.191 e. The van der Waals surface area contributed by atoms with Crippen LogP contribution < -0.4 is 10.6 Å². The molecule has 7 heteroatoms. The number of ether oxygens (including phenoxy) is 2. The molecule has 168 valence electrons. The van der Waals surface area contributed by atoms with Gasteiger partial charge in [-0.3, -0.25) is 9.80 Å². The fourth-order valence-corrected chi connectivity index (χ4v) is 3.93. The number of benzene rings is 1. The van der Waals surface area contributed by atoms with Crippen LogP contribution in [0.4, 0.5) is 0 Å². The highest BCUT2D eigenvalue weighted by atomic mass is 16.5. The number of guanidine groups is 1. The second kappa shape index (κ2) is 12.9. The Morgan fingerprint density at radius 2 is 1.60 bits per heavy atom. The van der Waals surface area contributed by atoms with Crippen LogP contribution in [0.5, 0.6) is 0 Å². The molecule has 2 saturated heterocycles. The number of morpholine rings is 2. The number of hydrogen-bond acceptors (Lipinski definition) is 5. The van der Waals surface area contributed by atoms with E-state index in [1.165, 1.54) is 11.1 Å². The van der Waals surface area contributed by atoms with Crippen molar-refractivity contribution in [2.75, 3.05) is 72.2 Å². The average Bonchev–Trinajstić information content (AvgIpc) is 2.78. The Kier molecular flexibility index (Phi) is 9.89. The summed E-state index contributed by atoms with van der Waals surface area (Å²) in [6.45, 7) is 16.4. The molecular weight excluding hydrogens is 378 g/mol. The smallest absolute Gasteiger partial charge is 0.191 e. The van der Waals surface area contributed by atoms with Gasteiger partial charge >= 0.3 is 0 Å². The summed E-state index contributed by atoms with van der Waals surface area (Å²) in [5, 5.41) is 6.93. The largest absolute Gasteiger partial charge is 0.379 e. The van der Waals surface area contributed by atoms with E-state index in [0.29, 0.717) is 12.5 Å². The minimum atomic E-state index is 0.556. The lowest BCUT2D eigenvalue weighted by Crippen LogP contribution is -2.44. The first kappa shape index (κ1) is 23.0. The summed E-state index contributed by atoms with van der Waals surface area (Å²) in [5.74, 6) is 1.45. The van der Waals surface area contributed by atoms with Gasteiger partial charge in [0.1, 0.15) is 0 Å². The third-order valence-electron chi connectivity index (χ3n) is 5.66. The molecule has 0 spiro atoms. The maximum atomic E-state index is 5.48. The van der Waals surface area contributed by atoms with Gasteiger partial charge in [-0.1, -0.05) is 31.2 Å². The van der Waals surface area contributed by atoms with Crippen molar-refractivity contribution < 1.29 is 9.47 Å². The Hall–Kier alpha value is -1.67. The van der Waals surface area contributed by atoms with Crippen LogP contribution in [0.3, 0.4) is 0 Å². The van der Waals surface area contributed by atoms with Gasteiger partial charge in [-0.2, -0.15) is 0 Å². The highest BCUT2D eigenvalue weighted by molar-refractivity contribution is 5.79. The third-order valence-corrected chi connectivity index (χ3v) is 5.66. The van der Waals surface area contributed by atoms with Gasteiger partial charge in [0, 0.05) is 52.4 Å². The molecule has 0 amide bonds. The van der Waals surface area contributed by atoms with E-state index in [-0.39, 0.29) is 0 Å². The standard InChI is InChI=1S/C23H39N5O2/c1-3-24-23(25-16-20(2)18-27-8-12-29-13-9-27)26-17-21-6-4-5-7-22(21)19-28-10-14-30-15-11-28/h4-7,20H,3,8-19H2,1-2H3,(H2,24,25,26). The van der Waals surface area contributed by atoms with E-state index >= 15 is 0 Å². The normalized spacial score (nSPS) is 20.1. The lowest BCUT2D eigenvalue weighted by Gasteiger charge is -2.29. The Balaban J connectivity index is 1.52. The van der Waals surface area contributed by atoms with Crippen molar-refractivity contribution in [3.8, 4) is 0 Å². The van der Waals surface area contributed by atoms with Crippen molar-refractivity contribution in [2.45, 2.75) is 26.9 Å². The Bertz CT molecular complexity index is 642. The molecule has 2 fully saturated rings. The number of aliphatic imine (C=N–C) groups is 1. The van der Waals surface area contributed by atoms with E-state index in [2.05, 4.69) is 58.5 Å². The van der Waals surface area contributed by atoms with Crippen molar-refractivity contribution in [1.29, 1.82) is 0 Å². The molecule has 1 aromatic carbocycles.